The van der Waals surface area contributed by atoms with Gasteiger partial charge < -0.3 is 14.2 Å². The molecule has 0 aliphatic carbocycles. The summed E-state index contributed by atoms with van der Waals surface area (Å²) in [6.07, 6.45) is 5.39. The number of nitrogens with zero attached hydrogens (tertiary/aromatic N) is 4. The molecule has 41 heavy (non-hydrogen) atoms. The molecule has 0 aliphatic rings. The molecule has 0 fully saturated rings. The molecule has 0 amide bonds. The average molecular weight is 544 g/mol. The maximum atomic E-state index is 12.7. The fourth-order valence-corrected chi connectivity index (χ4v) is 3.98. The van der Waals surface area contributed by atoms with E-state index in [4.69, 9.17) is 8.83 Å². The van der Waals surface area contributed by atoms with Crippen LogP contribution in [0, 0.1) is 0 Å². The highest BCUT2D eigenvalue weighted by Gasteiger charge is 2.08. The molecule has 0 atom stereocenters. The Morgan fingerprint density at radius 2 is 1.17 bits per heavy atom. The quantitative estimate of drug-likeness (QED) is 0.171. The first kappa shape index (κ1) is 25.2. The number of aromatic nitrogens is 2. The third kappa shape index (κ3) is 5.68. The Labute approximate surface area is 231 Å². The SMILES string of the molecule is O=c1c(C=NNc2cc(Nc3ccccc3)nc(NN=Cc3coc4ccccc4c3=O)n2)coc2ccccc12. The van der Waals surface area contributed by atoms with Crippen LogP contribution in [0.1, 0.15) is 11.1 Å². The Bertz CT molecular complexity index is 1910. The highest BCUT2D eigenvalue weighted by atomic mass is 16.3. The third-order valence-electron chi connectivity index (χ3n) is 5.94. The zero-order chi connectivity index (χ0) is 28.0. The largest absolute Gasteiger partial charge is 0.463 e. The zero-order valence-corrected chi connectivity index (χ0v) is 21.3. The number of para-hydroxylation sites is 3. The summed E-state index contributed by atoms with van der Waals surface area (Å²) in [5, 5.41) is 12.4. The van der Waals surface area contributed by atoms with Gasteiger partial charge in [-0.05, 0) is 36.4 Å². The van der Waals surface area contributed by atoms with Crippen molar-refractivity contribution in [3.05, 3.63) is 129 Å². The molecule has 6 rings (SSSR count). The minimum absolute atomic E-state index is 0.121. The monoisotopic (exact) mass is 543 g/mol. The van der Waals surface area contributed by atoms with Gasteiger partial charge in [0.25, 0.3) is 0 Å². The average Bonchev–Trinajstić information content (AvgIpc) is 3.00. The lowest BCUT2D eigenvalue weighted by Crippen LogP contribution is -2.09. The van der Waals surface area contributed by atoms with Gasteiger partial charge in [0.05, 0.1) is 34.3 Å². The fraction of sp³-hybridized carbons (Fsp3) is 0. The number of hydrogen-bond donors (Lipinski definition) is 3. The van der Waals surface area contributed by atoms with Crippen molar-refractivity contribution in [3.8, 4) is 0 Å². The first-order valence-electron chi connectivity index (χ1n) is 12.4. The van der Waals surface area contributed by atoms with Crippen LogP contribution in [0.3, 0.4) is 0 Å². The molecule has 3 aromatic heterocycles. The summed E-state index contributed by atoms with van der Waals surface area (Å²) in [6, 6.07) is 25.0. The third-order valence-corrected chi connectivity index (χ3v) is 5.94. The number of nitrogens with one attached hydrogen (secondary N) is 3. The molecule has 0 aliphatic heterocycles. The second-order valence-corrected chi connectivity index (χ2v) is 8.73. The Kier molecular flexibility index (Phi) is 6.96. The van der Waals surface area contributed by atoms with E-state index in [9.17, 15) is 9.59 Å². The van der Waals surface area contributed by atoms with Crippen molar-refractivity contribution in [2.75, 3.05) is 16.2 Å². The van der Waals surface area contributed by atoms with Gasteiger partial charge in [-0.2, -0.15) is 20.2 Å². The van der Waals surface area contributed by atoms with Gasteiger partial charge in [-0.15, -0.1) is 0 Å². The molecule has 11 nitrogen and oxygen atoms in total. The summed E-state index contributed by atoms with van der Waals surface area (Å²) in [6.45, 7) is 0. The van der Waals surface area contributed by atoms with Crippen molar-refractivity contribution >= 4 is 57.6 Å². The van der Waals surface area contributed by atoms with Crippen LogP contribution in [0.2, 0.25) is 0 Å². The smallest absolute Gasteiger partial charge is 0.247 e. The molecule has 200 valence electrons. The Morgan fingerprint density at radius 3 is 1.80 bits per heavy atom. The van der Waals surface area contributed by atoms with E-state index in [1.54, 1.807) is 54.6 Å². The second kappa shape index (κ2) is 11.3. The Hall–Kier alpha value is -6.10. The van der Waals surface area contributed by atoms with Gasteiger partial charge in [0.15, 0.2) is 5.82 Å². The lowest BCUT2D eigenvalue weighted by molar-refractivity contribution is 0.601. The molecule has 11 heteroatoms. The summed E-state index contributed by atoms with van der Waals surface area (Å²) in [5.41, 5.74) is 7.44. The normalized spacial score (nSPS) is 11.4. The van der Waals surface area contributed by atoms with E-state index in [0.717, 1.165) is 5.69 Å². The highest BCUT2D eigenvalue weighted by molar-refractivity contribution is 5.87. The first-order chi connectivity index (χ1) is 20.1. The Morgan fingerprint density at radius 1 is 0.634 bits per heavy atom. The topological polar surface area (TPSA) is 147 Å². The van der Waals surface area contributed by atoms with Gasteiger partial charge in [-0.1, -0.05) is 42.5 Å². The molecule has 3 heterocycles. The van der Waals surface area contributed by atoms with Crippen LogP contribution in [-0.2, 0) is 0 Å². The standard InChI is InChI=1S/C30H21N7O4/c38-28-19(17-40-24-12-6-4-10-22(24)28)15-31-36-27-14-26(33-21-8-2-1-3-9-21)34-30(35-27)37-32-16-20-18-41-25-13-7-5-11-23(25)29(20)39/h1-18H,(H3,33,34,35,36,37). The zero-order valence-electron chi connectivity index (χ0n) is 21.3. The molecule has 6 aromatic rings. The summed E-state index contributed by atoms with van der Waals surface area (Å²) in [4.78, 5) is 34.3. The number of fused-ring (bicyclic) bond motifs is 2. The van der Waals surface area contributed by atoms with Gasteiger partial charge in [0.2, 0.25) is 16.8 Å². The van der Waals surface area contributed by atoms with Crippen LogP contribution in [0.25, 0.3) is 21.9 Å². The van der Waals surface area contributed by atoms with Crippen LogP contribution in [0.5, 0.6) is 0 Å². The van der Waals surface area contributed by atoms with Gasteiger partial charge in [0.1, 0.15) is 29.5 Å². The lowest BCUT2D eigenvalue weighted by Gasteiger charge is -2.09. The predicted octanol–water partition coefficient (Wildman–Crippen LogP) is 5.33. The molecule has 0 saturated carbocycles. The van der Waals surface area contributed by atoms with Crippen molar-refractivity contribution in [2.24, 2.45) is 10.2 Å². The second-order valence-electron chi connectivity index (χ2n) is 8.73. The van der Waals surface area contributed by atoms with E-state index in [1.165, 1.54) is 25.0 Å². The minimum Gasteiger partial charge on any atom is -0.463 e. The fourth-order valence-electron chi connectivity index (χ4n) is 3.98. The molecule has 0 radical (unpaired) electrons. The molecular formula is C30H21N7O4. The van der Waals surface area contributed by atoms with Crippen molar-refractivity contribution in [3.63, 3.8) is 0 Å². The van der Waals surface area contributed by atoms with Gasteiger partial charge >= 0.3 is 0 Å². The summed E-state index contributed by atoms with van der Waals surface area (Å²) in [7, 11) is 0. The maximum Gasteiger partial charge on any atom is 0.247 e. The summed E-state index contributed by atoms with van der Waals surface area (Å²) in [5.74, 6) is 0.870. The Balaban J connectivity index is 1.25. The van der Waals surface area contributed by atoms with Crippen molar-refractivity contribution in [1.82, 2.24) is 9.97 Å². The summed E-state index contributed by atoms with van der Waals surface area (Å²) >= 11 is 0. The molecule has 3 aromatic carbocycles. The molecule has 0 saturated heterocycles. The first-order valence-corrected chi connectivity index (χ1v) is 12.4. The molecule has 0 spiro atoms. The van der Waals surface area contributed by atoms with E-state index in [-0.39, 0.29) is 27.9 Å². The van der Waals surface area contributed by atoms with E-state index in [1.807, 2.05) is 30.3 Å². The van der Waals surface area contributed by atoms with E-state index in [0.29, 0.717) is 33.6 Å². The van der Waals surface area contributed by atoms with Gasteiger partial charge in [0, 0.05) is 11.8 Å². The van der Waals surface area contributed by atoms with Crippen molar-refractivity contribution in [2.45, 2.75) is 0 Å². The summed E-state index contributed by atoms with van der Waals surface area (Å²) < 4.78 is 11.1. The van der Waals surface area contributed by atoms with Crippen LogP contribution in [0.4, 0.5) is 23.3 Å². The van der Waals surface area contributed by atoms with Gasteiger partial charge in [-0.3, -0.25) is 15.0 Å². The number of benzene rings is 3. The van der Waals surface area contributed by atoms with Crippen LogP contribution < -0.4 is 27.0 Å². The van der Waals surface area contributed by atoms with E-state index >= 15 is 0 Å². The number of hydrazone groups is 2. The molecular weight excluding hydrogens is 522 g/mol. The van der Waals surface area contributed by atoms with Crippen LogP contribution in [-0.4, -0.2) is 22.4 Å². The number of hydrogen-bond acceptors (Lipinski definition) is 11. The van der Waals surface area contributed by atoms with E-state index in [2.05, 4.69) is 36.3 Å². The van der Waals surface area contributed by atoms with Gasteiger partial charge in [-0.25, -0.2) is 5.43 Å². The number of rotatable bonds is 8. The van der Waals surface area contributed by atoms with Crippen LogP contribution >= 0.6 is 0 Å². The predicted molar refractivity (Wildman–Crippen MR) is 159 cm³/mol. The molecule has 0 unspecified atom stereocenters. The van der Waals surface area contributed by atoms with Crippen molar-refractivity contribution < 1.29 is 8.83 Å². The minimum atomic E-state index is -0.215. The molecule has 0 bridgehead atoms. The molecule has 3 N–H and O–H groups in total. The van der Waals surface area contributed by atoms with Crippen LogP contribution in [0.15, 0.2) is 126 Å². The maximum absolute atomic E-state index is 12.7. The van der Waals surface area contributed by atoms with Crippen molar-refractivity contribution in [1.29, 1.82) is 0 Å². The van der Waals surface area contributed by atoms with E-state index < -0.39 is 0 Å². The highest BCUT2D eigenvalue weighted by Crippen LogP contribution is 2.19. The lowest BCUT2D eigenvalue weighted by atomic mass is 10.2. The number of anilines is 4.